The van der Waals surface area contributed by atoms with Crippen molar-refractivity contribution in [2.24, 2.45) is 0 Å². The Morgan fingerprint density at radius 1 is 1.04 bits per heavy atom. The first kappa shape index (κ1) is 17.3. The quantitative estimate of drug-likeness (QED) is 0.651. The van der Waals surface area contributed by atoms with Crippen LogP contribution in [-0.2, 0) is 16.1 Å². The van der Waals surface area contributed by atoms with Crippen LogP contribution in [0.2, 0.25) is 0 Å². The summed E-state index contributed by atoms with van der Waals surface area (Å²) in [6.45, 7) is -0.140. The highest BCUT2D eigenvalue weighted by Crippen LogP contribution is 2.20. The highest BCUT2D eigenvalue weighted by molar-refractivity contribution is 6.03. The molecule has 0 atom stereocenters. The predicted octanol–water partition coefficient (Wildman–Crippen LogP) is 3.62. The summed E-state index contributed by atoms with van der Waals surface area (Å²) in [6.07, 6.45) is 1.35. The Labute approximate surface area is 148 Å². The van der Waals surface area contributed by atoms with Crippen LogP contribution in [0.1, 0.15) is 26.4 Å². The average molecular weight is 355 g/mol. The van der Waals surface area contributed by atoms with E-state index in [0.29, 0.717) is 11.3 Å². The van der Waals surface area contributed by atoms with Gasteiger partial charge in [0.2, 0.25) is 5.89 Å². The summed E-state index contributed by atoms with van der Waals surface area (Å²) >= 11 is 0. The van der Waals surface area contributed by atoms with E-state index in [4.69, 9.17) is 9.15 Å². The van der Waals surface area contributed by atoms with Crippen LogP contribution in [-0.4, -0.2) is 24.0 Å². The molecule has 3 aromatic rings. The monoisotopic (exact) mass is 355 g/mol. The highest BCUT2D eigenvalue weighted by atomic mass is 19.1. The number of carbonyl (C=O) groups is 2. The van der Waals surface area contributed by atoms with Gasteiger partial charge in [-0.05, 0) is 36.4 Å². The van der Waals surface area contributed by atoms with E-state index in [9.17, 15) is 14.0 Å². The fraction of sp³-hybridized carbons (Fsp3) is 0.105. The Morgan fingerprint density at radius 2 is 1.69 bits per heavy atom. The molecule has 1 heterocycles. The minimum absolute atomic E-state index is 0.0987. The molecule has 0 saturated heterocycles. The molecule has 6 nitrogen and oxygen atoms in total. The lowest BCUT2D eigenvalue weighted by molar-refractivity contribution is 0.0453. The molecule has 0 saturated carbocycles. The second-order valence-electron chi connectivity index (χ2n) is 5.26. The maximum atomic E-state index is 13.0. The molecule has 7 heteroatoms. The third-order valence-corrected chi connectivity index (χ3v) is 3.55. The number of ether oxygens (including phenoxy) is 2. The van der Waals surface area contributed by atoms with E-state index >= 15 is 0 Å². The Morgan fingerprint density at radius 3 is 2.35 bits per heavy atom. The van der Waals surface area contributed by atoms with Crippen molar-refractivity contribution in [2.75, 3.05) is 7.11 Å². The van der Waals surface area contributed by atoms with Gasteiger partial charge in [-0.15, -0.1) is 0 Å². The number of hydrogen-bond donors (Lipinski definition) is 0. The molecular formula is C19H14FNO5. The largest absolute Gasteiger partial charge is 0.465 e. The SMILES string of the molecule is COC(=O)c1ccccc1C(=O)OCc1coc(-c2ccc(F)cc2)n1. The first-order valence-electron chi connectivity index (χ1n) is 7.63. The minimum Gasteiger partial charge on any atom is -0.465 e. The molecule has 132 valence electrons. The number of carbonyl (C=O) groups excluding carboxylic acids is 2. The summed E-state index contributed by atoms with van der Waals surface area (Å²) < 4.78 is 28.1. The van der Waals surface area contributed by atoms with Gasteiger partial charge in [-0.2, -0.15) is 0 Å². The number of nitrogens with zero attached hydrogens (tertiary/aromatic N) is 1. The van der Waals surface area contributed by atoms with Crippen LogP contribution >= 0.6 is 0 Å². The fourth-order valence-electron chi connectivity index (χ4n) is 2.26. The Bertz CT molecular complexity index is 933. The average Bonchev–Trinajstić information content (AvgIpc) is 3.15. The maximum Gasteiger partial charge on any atom is 0.339 e. The molecular weight excluding hydrogens is 341 g/mol. The zero-order valence-electron chi connectivity index (χ0n) is 13.8. The van der Waals surface area contributed by atoms with Gasteiger partial charge in [0, 0.05) is 5.56 Å². The normalized spacial score (nSPS) is 10.4. The van der Waals surface area contributed by atoms with Gasteiger partial charge in [0.05, 0.1) is 18.2 Å². The van der Waals surface area contributed by atoms with E-state index in [1.54, 1.807) is 12.1 Å². The number of aromatic nitrogens is 1. The van der Waals surface area contributed by atoms with Crippen LogP contribution in [0.5, 0.6) is 0 Å². The van der Waals surface area contributed by atoms with E-state index in [2.05, 4.69) is 9.72 Å². The van der Waals surface area contributed by atoms with Crippen LogP contribution in [0.25, 0.3) is 11.5 Å². The van der Waals surface area contributed by atoms with Crippen molar-refractivity contribution in [1.82, 2.24) is 4.98 Å². The molecule has 26 heavy (non-hydrogen) atoms. The van der Waals surface area contributed by atoms with Crippen molar-refractivity contribution in [3.63, 3.8) is 0 Å². The lowest BCUT2D eigenvalue weighted by Crippen LogP contribution is -2.12. The molecule has 1 aromatic heterocycles. The third-order valence-electron chi connectivity index (χ3n) is 3.55. The molecule has 0 amide bonds. The zero-order chi connectivity index (χ0) is 18.5. The van der Waals surface area contributed by atoms with Gasteiger partial charge < -0.3 is 13.9 Å². The molecule has 0 radical (unpaired) electrons. The highest BCUT2D eigenvalue weighted by Gasteiger charge is 2.18. The topological polar surface area (TPSA) is 78.6 Å². The summed E-state index contributed by atoms with van der Waals surface area (Å²) in [7, 11) is 1.23. The first-order valence-corrected chi connectivity index (χ1v) is 7.63. The number of oxazole rings is 1. The van der Waals surface area contributed by atoms with Crippen LogP contribution in [0.4, 0.5) is 4.39 Å². The van der Waals surface area contributed by atoms with E-state index in [0.717, 1.165) is 0 Å². The number of benzene rings is 2. The zero-order valence-corrected chi connectivity index (χ0v) is 13.8. The summed E-state index contributed by atoms with van der Waals surface area (Å²) in [6, 6.07) is 11.8. The number of rotatable bonds is 5. The lowest BCUT2D eigenvalue weighted by atomic mass is 10.1. The molecule has 0 bridgehead atoms. The first-order chi connectivity index (χ1) is 12.6. The molecule has 0 aliphatic carbocycles. The molecule has 2 aromatic carbocycles. The van der Waals surface area contributed by atoms with Crippen molar-refractivity contribution in [3.05, 3.63) is 77.4 Å². The van der Waals surface area contributed by atoms with E-state index < -0.39 is 11.9 Å². The summed E-state index contributed by atoms with van der Waals surface area (Å²) in [5, 5.41) is 0. The molecule has 0 fully saturated rings. The van der Waals surface area contributed by atoms with Gasteiger partial charge in [0.1, 0.15) is 24.4 Å². The van der Waals surface area contributed by atoms with Gasteiger partial charge in [-0.25, -0.2) is 19.0 Å². The lowest BCUT2D eigenvalue weighted by Gasteiger charge is -2.07. The second-order valence-corrected chi connectivity index (χ2v) is 5.26. The van der Waals surface area contributed by atoms with Crippen LogP contribution in [0, 0.1) is 5.82 Å². The summed E-state index contributed by atoms with van der Waals surface area (Å²) in [5.41, 5.74) is 1.20. The Kier molecular flexibility index (Phi) is 5.07. The van der Waals surface area contributed by atoms with E-state index in [-0.39, 0.29) is 29.4 Å². The summed E-state index contributed by atoms with van der Waals surface area (Å²) in [4.78, 5) is 28.1. The van der Waals surface area contributed by atoms with Gasteiger partial charge in [-0.3, -0.25) is 0 Å². The minimum atomic E-state index is -0.683. The van der Waals surface area contributed by atoms with Gasteiger partial charge in [0.15, 0.2) is 0 Å². The standard InChI is InChI=1S/C19H14FNO5/c1-24-18(22)15-4-2-3-5-16(15)19(23)26-11-14-10-25-17(21-14)12-6-8-13(20)9-7-12/h2-10H,11H2,1H3. The molecule has 3 rings (SSSR count). The number of halogens is 1. The van der Waals surface area contributed by atoms with Gasteiger partial charge in [0.25, 0.3) is 0 Å². The van der Waals surface area contributed by atoms with Crippen molar-refractivity contribution in [1.29, 1.82) is 0 Å². The third kappa shape index (κ3) is 3.77. The van der Waals surface area contributed by atoms with Crippen LogP contribution in [0.3, 0.4) is 0 Å². The molecule has 0 unspecified atom stereocenters. The van der Waals surface area contributed by atoms with Crippen LogP contribution < -0.4 is 0 Å². The van der Waals surface area contributed by atoms with Crippen molar-refractivity contribution >= 4 is 11.9 Å². The van der Waals surface area contributed by atoms with E-state index in [1.165, 1.54) is 49.8 Å². The fourth-order valence-corrected chi connectivity index (χ4v) is 2.26. The van der Waals surface area contributed by atoms with Gasteiger partial charge in [-0.1, -0.05) is 12.1 Å². The number of hydrogen-bond acceptors (Lipinski definition) is 6. The number of methoxy groups -OCH3 is 1. The smallest absolute Gasteiger partial charge is 0.339 e. The predicted molar refractivity (Wildman–Crippen MR) is 88.8 cm³/mol. The number of esters is 2. The van der Waals surface area contributed by atoms with E-state index in [1.807, 2.05) is 0 Å². The van der Waals surface area contributed by atoms with Crippen molar-refractivity contribution in [2.45, 2.75) is 6.61 Å². The molecule has 0 aliphatic rings. The van der Waals surface area contributed by atoms with Crippen molar-refractivity contribution < 1.29 is 27.9 Å². The maximum absolute atomic E-state index is 13.0. The molecule has 0 aliphatic heterocycles. The molecule has 0 spiro atoms. The second kappa shape index (κ2) is 7.60. The van der Waals surface area contributed by atoms with Crippen molar-refractivity contribution in [3.8, 4) is 11.5 Å². The Hall–Kier alpha value is -3.48. The van der Waals surface area contributed by atoms with Gasteiger partial charge >= 0.3 is 11.9 Å². The molecule has 0 N–H and O–H groups in total. The Balaban J connectivity index is 1.69. The summed E-state index contributed by atoms with van der Waals surface area (Å²) in [5.74, 6) is -1.39. The van der Waals surface area contributed by atoms with Crippen LogP contribution in [0.15, 0.2) is 59.2 Å².